The van der Waals surface area contributed by atoms with Gasteiger partial charge in [0.25, 0.3) is 10.0 Å². The van der Waals surface area contributed by atoms with Crippen LogP contribution >= 0.6 is 0 Å². The first kappa shape index (κ1) is 14.2. The molecule has 6 nitrogen and oxygen atoms in total. The molecule has 0 radical (unpaired) electrons. The number of aromatic nitrogens is 2. The normalized spacial score (nSPS) is 11.5. The summed E-state index contributed by atoms with van der Waals surface area (Å²) in [4.78, 5) is 0. The number of nitriles is 1. The maximum Gasteiger partial charge on any atom is 0.258 e. The summed E-state index contributed by atoms with van der Waals surface area (Å²) in [6.07, 6.45) is 1.41. The molecule has 20 heavy (non-hydrogen) atoms. The van der Waals surface area contributed by atoms with Crippen LogP contribution in [0.2, 0.25) is 0 Å². The van der Waals surface area contributed by atoms with Crippen LogP contribution in [0.1, 0.15) is 19.4 Å². The van der Waals surface area contributed by atoms with E-state index in [0.29, 0.717) is 11.3 Å². The predicted octanol–water partition coefficient (Wildman–Crippen LogP) is 1.43. The Morgan fingerprint density at radius 3 is 2.75 bits per heavy atom. The fourth-order valence-corrected chi connectivity index (χ4v) is 3.13. The van der Waals surface area contributed by atoms with Crippen molar-refractivity contribution >= 4 is 10.0 Å². The Labute approximate surface area is 117 Å². The Kier molecular flexibility index (Phi) is 3.88. The van der Waals surface area contributed by atoms with Gasteiger partial charge in [-0.05, 0) is 38.1 Å². The molecule has 0 aliphatic carbocycles. The van der Waals surface area contributed by atoms with Gasteiger partial charge in [0.2, 0.25) is 0 Å². The van der Waals surface area contributed by atoms with Gasteiger partial charge in [0.1, 0.15) is 0 Å². The molecule has 1 heterocycles. The molecule has 1 aromatic carbocycles. The molecule has 0 aliphatic rings. The quantitative estimate of drug-likeness (QED) is 0.922. The summed E-state index contributed by atoms with van der Waals surface area (Å²) in [5.41, 5.74) is 0.969. The molecule has 0 aliphatic heterocycles. The van der Waals surface area contributed by atoms with Crippen LogP contribution in [0.25, 0.3) is 5.69 Å². The molecule has 2 rings (SSSR count). The fraction of sp³-hybridized carbons (Fsp3) is 0.231. The third-order valence-electron chi connectivity index (χ3n) is 2.49. The summed E-state index contributed by atoms with van der Waals surface area (Å²) >= 11 is 0. The Morgan fingerprint density at radius 1 is 1.35 bits per heavy atom. The van der Waals surface area contributed by atoms with E-state index in [4.69, 9.17) is 5.26 Å². The van der Waals surface area contributed by atoms with E-state index < -0.39 is 10.0 Å². The molecule has 0 unspecified atom stereocenters. The average Bonchev–Trinajstić information content (AvgIpc) is 2.87. The molecule has 1 N–H and O–H groups in total. The summed E-state index contributed by atoms with van der Waals surface area (Å²) in [6, 6.07) is 9.83. The van der Waals surface area contributed by atoms with E-state index in [0.717, 1.165) is 0 Å². The highest BCUT2D eigenvalue weighted by Gasteiger charge is 2.21. The third kappa shape index (κ3) is 2.87. The minimum absolute atomic E-state index is 0.0429. The predicted molar refractivity (Wildman–Crippen MR) is 73.7 cm³/mol. The highest BCUT2D eigenvalue weighted by Crippen LogP contribution is 2.16. The smallest absolute Gasteiger partial charge is 0.221 e. The van der Waals surface area contributed by atoms with Gasteiger partial charge in [-0.2, -0.15) is 10.4 Å². The standard InChI is InChI=1S/C13H14N4O2S/c1-10(2)16-20(18,19)13-6-7-15-17(13)12-5-3-4-11(8-12)9-14/h3-8,10,16H,1-2H3. The lowest BCUT2D eigenvalue weighted by Gasteiger charge is -2.11. The lowest BCUT2D eigenvalue weighted by Crippen LogP contribution is -2.31. The number of nitrogens with zero attached hydrogens (tertiary/aromatic N) is 3. The van der Waals surface area contributed by atoms with Crippen molar-refractivity contribution in [2.75, 3.05) is 0 Å². The number of sulfonamides is 1. The monoisotopic (exact) mass is 290 g/mol. The minimum atomic E-state index is -3.65. The first-order valence-electron chi connectivity index (χ1n) is 6.01. The van der Waals surface area contributed by atoms with Crippen LogP contribution in [-0.4, -0.2) is 24.2 Å². The summed E-state index contributed by atoms with van der Waals surface area (Å²) in [5.74, 6) is 0. The molecular formula is C13H14N4O2S. The van der Waals surface area contributed by atoms with Crippen LogP contribution in [0, 0.1) is 11.3 Å². The molecule has 0 amide bonds. The van der Waals surface area contributed by atoms with Gasteiger partial charge in [-0.25, -0.2) is 17.8 Å². The molecule has 0 saturated carbocycles. The number of hydrogen-bond donors (Lipinski definition) is 1. The van der Waals surface area contributed by atoms with Crippen LogP contribution in [0.15, 0.2) is 41.6 Å². The van der Waals surface area contributed by atoms with E-state index in [1.54, 1.807) is 38.1 Å². The minimum Gasteiger partial charge on any atom is -0.221 e. The van der Waals surface area contributed by atoms with Crippen molar-refractivity contribution in [2.45, 2.75) is 24.9 Å². The molecule has 104 valence electrons. The van der Waals surface area contributed by atoms with Gasteiger partial charge in [0.05, 0.1) is 23.5 Å². The Bertz CT molecular complexity index is 757. The van der Waals surface area contributed by atoms with Crippen LogP contribution in [0.3, 0.4) is 0 Å². The van der Waals surface area contributed by atoms with Crippen molar-refractivity contribution in [3.63, 3.8) is 0 Å². The Hall–Kier alpha value is -2.17. The Morgan fingerprint density at radius 2 is 2.10 bits per heavy atom. The summed E-state index contributed by atoms with van der Waals surface area (Å²) in [7, 11) is -3.65. The van der Waals surface area contributed by atoms with Crippen LogP contribution in [0.4, 0.5) is 0 Å². The van der Waals surface area contributed by atoms with Gasteiger partial charge in [0, 0.05) is 6.04 Å². The lowest BCUT2D eigenvalue weighted by atomic mass is 10.2. The van der Waals surface area contributed by atoms with Crippen LogP contribution < -0.4 is 4.72 Å². The zero-order chi connectivity index (χ0) is 14.8. The highest BCUT2D eigenvalue weighted by atomic mass is 32.2. The van der Waals surface area contributed by atoms with Crippen LogP contribution in [0.5, 0.6) is 0 Å². The van der Waals surface area contributed by atoms with Crippen molar-refractivity contribution in [1.82, 2.24) is 14.5 Å². The average molecular weight is 290 g/mol. The van der Waals surface area contributed by atoms with Gasteiger partial charge in [0.15, 0.2) is 5.03 Å². The fourth-order valence-electron chi connectivity index (χ4n) is 1.77. The van der Waals surface area contributed by atoms with Gasteiger partial charge in [-0.15, -0.1) is 0 Å². The van der Waals surface area contributed by atoms with Gasteiger partial charge in [-0.3, -0.25) is 0 Å². The second-order valence-electron chi connectivity index (χ2n) is 4.52. The summed E-state index contributed by atoms with van der Waals surface area (Å²) in [6.45, 7) is 3.49. The zero-order valence-electron chi connectivity index (χ0n) is 11.1. The van der Waals surface area contributed by atoms with Crippen molar-refractivity contribution < 1.29 is 8.42 Å². The number of nitrogens with one attached hydrogen (secondary N) is 1. The van der Waals surface area contributed by atoms with Gasteiger partial charge in [-0.1, -0.05) is 6.07 Å². The van der Waals surface area contributed by atoms with Crippen molar-refractivity contribution in [1.29, 1.82) is 5.26 Å². The van der Waals surface area contributed by atoms with Gasteiger partial charge < -0.3 is 0 Å². The maximum absolute atomic E-state index is 12.2. The number of benzene rings is 1. The largest absolute Gasteiger partial charge is 0.258 e. The second kappa shape index (κ2) is 5.45. The first-order valence-corrected chi connectivity index (χ1v) is 7.49. The van der Waals surface area contributed by atoms with E-state index in [1.165, 1.54) is 16.9 Å². The number of rotatable bonds is 4. The third-order valence-corrected chi connectivity index (χ3v) is 4.14. The highest BCUT2D eigenvalue weighted by molar-refractivity contribution is 7.89. The molecule has 7 heteroatoms. The molecule has 1 aromatic heterocycles. The topological polar surface area (TPSA) is 87.8 Å². The van der Waals surface area contributed by atoms with E-state index in [9.17, 15) is 8.42 Å². The second-order valence-corrected chi connectivity index (χ2v) is 6.18. The molecule has 2 aromatic rings. The molecule has 0 atom stereocenters. The molecule has 0 spiro atoms. The number of hydrogen-bond acceptors (Lipinski definition) is 4. The molecule has 0 saturated heterocycles. The maximum atomic E-state index is 12.2. The van der Waals surface area contributed by atoms with Crippen molar-refractivity contribution in [2.24, 2.45) is 0 Å². The summed E-state index contributed by atoms with van der Waals surface area (Å²) < 4.78 is 28.2. The first-order chi connectivity index (χ1) is 9.44. The van der Waals surface area contributed by atoms with Gasteiger partial charge >= 0.3 is 0 Å². The van der Waals surface area contributed by atoms with E-state index in [2.05, 4.69) is 9.82 Å². The lowest BCUT2D eigenvalue weighted by molar-refractivity contribution is 0.560. The van der Waals surface area contributed by atoms with E-state index in [1.807, 2.05) is 6.07 Å². The molecular weight excluding hydrogens is 276 g/mol. The SMILES string of the molecule is CC(C)NS(=O)(=O)c1ccnn1-c1cccc(C#N)c1. The molecule has 0 fully saturated rings. The van der Waals surface area contributed by atoms with E-state index >= 15 is 0 Å². The zero-order valence-corrected chi connectivity index (χ0v) is 11.9. The molecule has 0 bridgehead atoms. The van der Waals surface area contributed by atoms with E-state index in [-0.39, 0.29) is 11.1 Å². The summed E-state index contributed by atoms with van der Waals surface area (Å²) in [5, 5.41) is 13.0. The Balaban J connectivity index is 2.51. The van der Waals surface area contributed by atoms with Crippen molar-refractivity contribution in [3.05, 3.63) is 42.1 Å². The van der Waals surface area contributed by atoms with Crippen LogP contribution in [-0.2, 0) is 10.0 Å². The van der Waals surface area contributed by atoms with Crippen molar-refractivity contribution in [3.8, 4) is 11.8 Å².